The van der Waals surface area contributed by atoms with Crippen LogP contribution in [0.2, 0.25) is 0 Å². The Balaban J connectivity index is 2.44. The van der Waals surface area contributed by atoms with E-state index in [4.69, 9.17) is 4.74 Å². The maximum absolute atomic E-state index is 12.7. The SMILES string of the molecule is C=CCC1(C(=O)OCC)CCc2ccccc2C1=O. The standard InChI is InChI=1S/C16H18O3/c1-3-10-16(15(18)19-4-2)11-9-12-7-5-6-8-13(12)14(16)17/h3,5-8H,1,4,9-11H2,2H3. The normalized spacial score (nSPS) is 21.6. The fraction of sp³-hybridized carbons (Fsp3) is 0.375. The molecule has 3 nitrogen and oxygen atoms in total. The predicted molar refractivity (Wildman–Crippen MR) is 73.0 cm³/mol. The van der Waals surface area contributed by atoms with Gasteiger partial charge in [0, 0.05) is 5.56 Å². The molecule has 1 aliphatic carbocycles. The number of esters is 1. The molecule has 0 radical (unpaired) electrons. The van der Waals surface area contributed by atoms with Crippen molar-refractivity contribution in [1.29, 1.82) is 0 Å². The van der Waals surface area contributed by atoms with Gasteiger partial charge in [0.1, 0.15) is 5.41 Å². The van der Waals surface area contributed by atoms with Gasteiger partial charge in [-0.15, -0.1) is 6.58 Å². The molecule has 1 aromatic rings. The van der Waals surface area contributed by atoms with Gasteiger partial charge >= 0.3 is 5.97 Å². The fourth-order valence-electron chi connectivity index (χ4n) is 2.67. The highest BCUT2D eigenvalue weighted by Crippen LogP contribution is 2.39. The van der Waals surface area contributed by atoms with E-state index in [0.29, 0.717) is 24.8 Å². The second-order valence-electron chi connectivity index (χ2n) is 4.78. The average Bonchev–Trinajstić information content (AvgIpc) is 2.43. The second-order valence-corrected chi connectivity index (χ2v) is 4.78. The third kappa shape index (κ3) is 2.21. The highest BCUT2D eigenvalue weighted by Gasteiger charge is 2.48. The number of ether oxygens (including phenoxy) is 1. The van der Waals surface area contributed by atoms with Crippen LogP contribution >= 0.6 is 0 Å². The van der Waals surface area contributed by atoms with Gasteiger partial charge in [-0.3, -0.25) is 9.59 Å². The molecule has 3 heteroatoms. The number of hydrogen-bond acceptors (Lipinski definition) is 3. The Morgan fingerprint density at radius 3 is 2.89 bits per heavy atom. The van der Waals surface area contributed by atoms with Crippen molar-refractivity contribution >= 4 is 11.8 Å². The van der Waals surface area contributed by atoms with Crippen molar-refractivity contribution in [3.05, 3.63) is 48.0 Å². The summed E-state index contributed by atoms with van der Waals surface area (Å²) in [5.41, 5.74) is 0.576. The van der Waals surface area contributed by atoms with E-state index in [-0.39, 0.29) is 12.4 Å². The molecular formula is C16H18O3. The Morgan fingerprint density at radius 1 is 1.47 bits per heavy atom. The molecule has 0 heterocycles. The Hall–Kier alpha value is -1.90. The third-order valence-electron chi connectivity index (χ3n) is 3.68. The molecule has 0 saturated carbocycles. The molecule has 1 unspecified atom stereocenters. The van der Waals surface area contributed by atoms with Crippen molar-refractivity contribution in [2.24, 2.45) is 5.41 Å². The van der Waals surface area contributed by atoms with E-state index in [9.17, 15) is 9.59 Å². The lowest BCUT2D eigenvalue weighted by atomic mass is 9.68. The summed E-state index contributed by atoms with van der Waals surface area (Å²) in [6.45, 7) is 5.71. The number of ketones is 1. The summed E-state index contributed by atoms with van der Waals surface area (Å²) in [4.78, 5) is 24.9. The lowest BCUT2D eigenvalue weighted by molar-refractivity contribution is -0.152. The summed E-state index contributed by atoms with van der Waals surface area (Å²) in [6, 6.07) is 7.47. The molecule has 0 spiro atoms. The van der Waals surface area contributed by atoms with Crippen LogP contribution in [0.5, 0.6) is 0 Å². The minimum Gasteiger partial charge on any atom is -0.465 e. The maximum Gasteiger partial charge on any atom is 0.320 e. The number of carbonyl (C=O) groups is 2. The summed E-state index contributed by atoms with van der Waals surface area (Å²) in [5.74, 6) is -0.554. The van der Waals surface area contributed by atoms with Crippen LogP contribution in [0.15, 0.2) is 36.9 Å². The summed E-state index contributed by atoms with van der Waals surface area (Å²) in [6.07, 6.45) is 3.17. The van der Waals surface area contributed by atoms with Gasteiger partial charge in [0.05, 0.1) is 6.61 Å². The molecule has 0 saturated heterocycles. The van der Waals surface area contributed by atoms with Gasteiger partial charge in [-0.25, -0.2) is 0 Å². The van der Waals surface area contributed by atoms with Crippen LogP contribution in [0.1, 0.15) is 35.7 Å². The van der Waals surface area contributed by atoms with Crippen molar-refractivity contribution < 1.29 is 14.3 Å². The van der Waals surface area contributed by atoms with Crippen molar-refractivity contribution in [2.75, 3.05) is 6.61 Å². The van der Waals surface area contributed by atoms with Crippen LogP contribution in [-0.4, -0.2) is 18.4 Å². The van der Waals surface area contributed by atoms with Crippen molar-refractivity contribution in [1.82, 2.24) is 0 Å². The first-order valence-corrected chi connectivity index (χ1v) is 6.56. The number of aryl methyl sites for hydroxylation is 1. The van der Waals surface area contributed by atoms with Crippen LogP contribution in [0.4, 0.5) is 0 Å². The molecule has 0 fully saturated rings. The first-order valence-electron chi connectivity index (χ1n) is 6.56. The molecule has 1 atom stereocenters. The third-order valence-corrected chi connectivity index (χ3v) is 3.68. The maximum atomic E-state index is 12.7. The smallest absolute Gasteiger partial charge is 0.320 e. The molecule has 100 valence electrons. The van der Waals surface area contributed by atoms with Gasteiger partial charge in [-0.05, 0) is 31.7 Å². The number of rotatable bonds is 4. The number of benzene rings is 1. The zero-order valence-corrected chi connectivity index (χ0v) is 11.1. The number of fused-ring (bicyclic) bond motifs is 1. The second kappa shape index (κ2) is 5.39. The molecule has 0 aromatic heterocycles. The minimum atomic E-state index is -1.08. The molecule has 2 rings (SSSR count). The van der Waals surface area contributed by atoms with E-state index in [1.165, 1.54) is 0 Å². The van der Waals surface area contributed by atoms with Crippen LogP contribution in [-0.2, 0) is 16.0 Å². The van der Waals surface area contributed by atoms with Gasteiger partial charge in [0.2, 0.25) is 0 Å². The first kappa shape index (κ1) is 13.5. The van der Waals surface area contributed by atoms with E-state index in [0.717, 1.165) is 5.56 Å². The van der Waals surface area contributed by atoms with E-state index in [2.05, 4.69) is 6.58 Å². The number of carbonyl (C=O) groups excluding carboxylic acids is 2. The van der Waals surface area contributed by atoms with Crippen molar-refractivity contribution in [2.45, 2.75) is 26.2 Å². The van der Waals surface area contributed by atoms with E-state index < -0.39 is 11.4 Å². The van der Waals surface area contributed by atoms with Crippen LogP contribution in [0.25, 0.3) is 0 Å². The topological polar surface area (TPSA) is 43.4 Å². The zero-order chi connectivity index (χ0) is 13.9. The Morgan fingerprint density at radius 2 is 2.21 bits per heavy atom. The summed E-state index contributed by atoms with van der Waals surface area (Å²) >= 11 is 0. The van der Waals surface area contributed by atoms with Gasteiger partial charge in [-0.2, -0.15) is 0 Å². The lowest BCUT2D eigenvalue weighted by Gasteiger charge is -2.33. The number of allylic oxidation sites excluding steroid dienone is 1. The van der Waals surface area contributed by atoms with Crippen molar-refractivity contribution in [3.63, 3.8) is 0 Å². The van der Waals surface area contributed by atoms with E-state index >= 15 is 0 Å². The van der Waals surface area contributed by atoms with E-state index in [1.54, 1.807) is 19.1 Å². The summed E-state index contributed by atoms with van der Waals surface area (Å²) < 4.78 is 5.12. The van der Waals surface area contributed by atoms with Crippen molar-refractivity contribution in [3.8, 4) is 0 Å². The quantitative estimate of drug-likeness (QED) is 0.474. The highest BCUT2D eigenvalue weighted by atomic mass is 16.5. The fourth-order valence-corrected chi connectivity index (χ4v) is 2.67. The Bertz CT molecular complexity index is 518. The summed E-state index contributed by atoms with van der Waals surface area (Å²) in [7, 11) is 0. The van der Waals surface area contributed by atoms with E-state index in [1.807, 2.05) is 18.2 Å². The van der Waals surface area contributed by atoms with Gasteiger partial charge in [-0.1, -0.05) is 30.3 Å². The number of Topliss-reactive ketones (excluding diaryl/α,β-unsaturated/α-hetero) is 1. The largest absolute Gasteiger partial charge is 0.465 e. The number of hydrogen-bond donors (Lipinski definition) is 0. The molecule has 0 N–H and O–H groups in total. The predicted octanol–water partition coefficient (Wildman–Crippen LogP) is 2.94. The molecule has 1 aliphatic rings. The van der Waals surface area contributed by atoms with Gasteiger partial charge in [0.25, 0.3) is 0 Å². The summed E-state index contributed by atoms with van der Waals surface area (Å²) in [5, 5.41) is 0. The molecule has 0 amide bonds. The Labute approximate surface area is 113 Å². The minimum absolute atomic E-state index is 0.132. The van der Waals surface area contributed by atoms with Crippen LogP contribution in [0, 0.1) is 5.41 Å². The molecule has 19 heavy (non-hydrogen) atoms. The molecule has 0 bridgehead atoms. The van der Waals surface area contributed by atoms with Gasteiger partial charge < -0.3 is 4.74 Å². The lowest BCUT2D eigenvalue weighted by Crippen LogP contribution is -2.43. The molecule has 0 aliphatic heterocycles. The molecular weight excluding hydrogens is 240 g/mol. The average molecular weight is 258 g/mol. The van der Waals surface area contributed by atoms with Crippen LogP contribution in [0.3, 0.4) is 0 Å². The van der Waals surface area contributed by atoms with Gasteiger partial charge in [0.15, 0.2) is 5.78 Å². The Kier molecular flexibility index (Phi) is 3.84. The highest BCUT2D eigenvalue weighted by molar-refractivity contribution is 6.14. The zero-order valence-electron chi connectivity index (χ0n) is 11.1. The van der Waals surface area contributed by atoms with Crippen LogP contribution < -0.4 is 0 Å². The monoisotopic (exact) mass is 258 g/mol. The molecule has 1 aromatic carbocycles. The first-order chi connectivity index (χ1) is 9.15.